The van der Waals surface area contributed by atoms with Gasteiger partial charge in [0, 0.05) is 13.2 Å². The molecule has 0 bridgehead atoms. The molecule has 0 amide bonds. The van der Waals surface area contributed by atoms with Crippen molar-refractivity contribution in [3.8, 4) is 0 Å². The standard InChI is InChI=1S/C16H20BNO2.CH4/c1-13-5-7-15(8-6-13)17(20-10-9-18)16-4-2-3-14(11-16)12-19;/h2-8,11,19H,9-10,12,18H2,1H3;1H4. The van der Waals surface area contributed by atoms with Crippen LogP contribution in [-0.4, -0.2) is 25.2 Å². The number of rotatable bonds is 6. The summed E-state index contributed by atoms with van der Waals surface area (Å²) in [6.07, 6.45) is 0. The Morgan fingerprint density at radius 2 is 1.81 bits per heavy atom. The molecule has 3 nitrogen and oxygen atoms in total. The Morgan fingerprint density at radius 1 is 1.10 bits per heavy atom. The summed E-state index contributed by atoms with van der Waals surface area (Å²) in [5, 5.41) is 9.27. The number of aliphatic hydroxyl groups excluding tert-OH is 1. The van der Waals surface area contributed by atoms with Crippen LogP contribution < -0.4 is 16.7 Å². The lowest BCUT2D eigenvalue weighted by molar-refractivity contribution is 0.282. The molecule has 0 heterocycles. The van der Waals surface area contributed by atoms with E-state index in [2.05, 4.69) is 31.2 Å². The van der Waals surface area contributed by atoms with E-state index < -0.39 is 0 Å². The molecule has 0 saturated carbocycles. The summed E-state index contributed by atoms with van der Waals surface area (Å²) in [7, 11) is 0. The van der Waals surface area contributed by atoms with Gasteiger partial charge in [0.15, 0.2) is 0 Å². The summed E-state index contributed by atoms with van der Waals surface area (Å²) in [4.78, 5) is 0. The fraction of sp³-hybridized carbons (Fsp3) is 0.294. The van der Waals surface area contributed by atoms with Gasteiger partial charge in [0.1, 0.15) is 0 Å². The fourth-order valence-electron chi connectivity index (χ4n) is 2.17. The molecule has 0 spiro atoms. The summed E-state index contributed by atoms with van der Waals surface area (Å²) in [6, 6.07) is 16.1. The zero-order chi connectivity index (χ0) is 14.4. The van der Waals surface area contributed by atoms with E-state index in [0.717, 1.165) is 16.5 Å². The van der Waals surface area contributed by atoms with E-state index in [0.29, 0.717) is 13.2 Å². The van der Waals surface area contributed by atoms with Crippen molar-refractivity contribution in [3.05, 3.63) is 59.7 Å². The van der Waals surface area contributed by atoms with E-state index >= 15 is 0 Å². The van der Waals surface area contributed by atoms with Crippen LogP contribution in [0, 0.1) is 6.92 Å². The van der Waals surface area contributed by atoms with Crippen LogP contribution in [0.15, 0.2) is 48.5 Å². The Bertz CT molecular complexity index is 543. The summed E-state index contributed by atoms with van der Waals surface area (Å²) >= 11 is 0. The van der Waals surface area contributed by atoms with Crippen molar-refractivity contribution < 1.29 is 9.76 Å². The lowest BCUT2D eigenvalue weighted by Crippen LogP contribution is -2.46. The van der Waals surface area contributed by atoms with Crippen LogP contribution in [0.25, 0.3) is 0 Å². The van der Waals surface area contributed by atoms with Gasteiger partial charge < -0.3 is 15.5 Å². The van der Waals surface area contributed by atoms with Crippen LogP contribution in [0.4, 0.5) is 0 Å². The van der Waals surface area contributed by atoms with E-state index in [9.17, 15) is 5.11 Å². The first-order chi connectivity index (χ1) is 9.74. The molecule has 0 fully saturated rings. The fourth-order valence-corrected chi connectivity index (χ4v) is 2.17. The third-order valence-corrected chi connectivity index (χ3v) is 3.22. The van der Waals surface area contributed by atoms with E-state index in [4.69, 9.17) is 10.4 Å². The molecule has 0 aliphatic carbocycles. The molecule has 2 rings (SSSR count). The smallest absolute Gasteiger partial charge is 0.361 e. The van der Waals surface area contributed by atoms with Gasteiger partial charge in [-0.2, -0.15) is 0 Å². The lowest BCUT2D eigenvalue weighted by atomic mass is 9.55. The van der Waals surface area contributed by atoms with Gasteiger partial charge in [-0.3, -0.25) is 0 Å². The minimum Gasteiger partial charge on any atom is -0.426 e. The Labute approximate surface area is 127 Å². The molecule has 3 N–H and O–H groups in total. The second kappa shape index (κ2) is 8.62. The largest absolute Gasteiger partial charge is 0.426 e. The van der Waals surface area contributed by atoms with E-state index in [1.54, 1.807) is 0 Å². The van der Waals surface area contributed by atoms with Crippen LogP contribution >= 0.6 is 0 Å². The molecule has 21 heavy (non-hydrogen) atoms. The number of hydrogen-bond acceptors (Lipinski definition) is 3. The molecular weight excluding hydrogens is 261 g/mol. The Balaban J connectivity index is 0.00000220. The van der Waals surface area contributed by atoms with Crippen molar-refractivity contribution in [2.75, 3.05) is 13.2 Å². The Morgan fingerprint density at radius 3 is 2.43 bits per heavy atom. The van der Waals surface area contributed by atoms with Gasteiger partial charge in [-0.25, -0.2) is 0 Å². The average Bonchev–Trinajstić information content (AvgIpc) is 2.49. The topological polar surface area (TPSA) is 55.5 Å². The van der Waals surface area contributed by atoms with Crippen LogP contribution in [0.1, 0.15) is 18.6 Å². The van der Waals surface area contributed by atoms with Crippen LogP contribution in [-0.2, 0) is 11.3 Å². The maximum Gasteiger partial charge on any atom is 0.361 e. The molecule has 2 aromatic rings. The molecule has 0 aliphatic rings. The average molecular weight is 285 g/mol. The maximum absolute atomic E-state index is 9.27. The molecule has 0 radical (unpaired) electrons. The third-order valence-electron chi connectivity index (χ3n) is 3.22. The predicted molar refractivity (Wildman–Crippen MR) is 90.3 cm³/mol. The first-order valence-electron chi connectivity index (χ1n) is 6.82. The Hall–Kier alpha value is -1.62. The van der Waals surface area contributed by atoms with Gasteiger partial charge >= 0.3 is 6.92 Å². The summed E-state index contributed by atoms with van der Waals surface area (Å²) in [6.45, 7) is 2.94. The molecule has 112 valence electrons. The first-order valence-corrected chi connectivity index (χ1v) is 6.82. The van der Waals surface area contributed by atoms with Crippen molar-refractivity contribution in [1.82, 2.24) is 0 Å². The second-order valence-electron chi connectivity index (χ2n) is 4.85. The minimum atomic E-state index is -0.148. The molecule has 0 aromatic heterocycles. The third kappa shape index (κ3) is 4.71. The molecule has 0 unspecified atom stereocenters. The van der Waals surface area contributed by atoms with E-state index in [1.165, 1.54) is 5.56 Å². The van der Waals surface area contributed by atoms with Gasteiger partial charge in [-0.15, -0.1) is 0 Å². The highest BCUT2D eigenvalue weighted by Crippen LogP contribution is 2.01. The van der Waals surface area contributed by atoms with Crippen LogP contribution in [0.5, 0.6) is 0 Å². The number of benzene rings is 2. The van der Waals surface area contributed by atoms with Gasteiger partial charge in [-0.05, 0) is 23.4 Å². The summed E-state index contributed by atoms with van der Waals surface area (Å²) in [5.41, 5.74) is 9.78. The number of hydrogen-bond donors (Lipinski definition) is 2. The zero-order valence-corrected chi connectivity index (χ0v) is 11.8. The monoisotopic (exact) mass is 285 g/mol. The van der Waals surface area contributed by atoms with Crippen molar-refractivity contribution in [2.45, 2.75) is 21.0 Å². The van der Waals surface area contributed by atoms with Gasteiger partial charge in [0.05, 0.1) is 6.61 Å². The van der Waals surface area contributed by atoms with Crippen LogP contribution in [0.2, 0.25) is 0 Å². The van der Waals surface area contributed by atoms with Crippen molar-refractivity contribution in [1.29, 1.82) is 0 Å². The van der Waals surface area contributed by atoms with Crippen molar-refractivity contribution >= 4 is 17.8 Å². The normalized spacial score (nSPS) is 10.0. The highest BCUT2D eigenvalue weighted by Gasteiger charge is 2.21. The zero-order valence-electron chi connectivity index (χ0n) is 11.8. The van der Waals surface area contributed by atoms with Gasteiger partial charge in [0.25, 0.3) is 0 Å². The SMILES string of the molecule is C.Cc1ccc(B(OCCN)c2cccc(CO)c2)cc1. The minimum absolute atomic E-state index is 0. The number of aliphatic hydroxyl groups is 1. The summed E-state index contributed by atoms with van der Waals surface area (Å²) < 4.78 is 5.90. The number of aryl methyl sites for hydroxylation is 1. The van der Waals surface area contributed by atoms with Gasteiger partial charge in [0.2, 0.25) is 0 Å². The second-order valence-corrected chi connectivity index (χ2v) is 4.85. The Kier molecular flexibility index (Phi) is 7.16. The molecule has 0 aliphatic heterocycles. The first kappa shape index (κ1) is 17.4. The van der Waals surface area contributed by atoms with Crippen LogP contribution in [0.3, 0.4) is 0 Å². The highest BCUT2D eigenvalue weighted by molar-refractivity contribution is 6.80. The van der Waals surface area contributed by atoms with Crippen molar-refractivity contribution in [2.24, 2.45) is 5.73 Å². The quantitative estimate of drug-likeness (QED) is 0.784. The van der Waals surface area contributed by atoms with Crippen molar-refractivity contribution in [3.63, 3.8) is 0 Å². The molecule has 4 heteroatoms. The molecule has 0 atom stereocenters. The lowest BCUT2D eigenvalue weighted by Gasteiger charge is -2.16. The highest BCUT2D eigenvalue weighted by atomic mass is 16.4. The van der Waals surface area contributed by atoms with E-state index in [1.807, 2.05) is 24.3 Å². The molecule has 0 saturated heterocycles. The summed E-state index contributed by atoms with van der Waals surface area (Å²) in [5.74, 6) is 0. The molecular formula is C17H24BNO2. The van der Waals surface area contributed by atoms with Gasteiger partial charge in [-0.1, -0.05) is 61.5 Å². The number of nitrogens with two attached hydrogens (primary N) is 1. The predicted octanol–water partition coefficient (Wildman–Crippen LogP) is 1.20. The maximum atomic E-state index is 9.27. The molecule has 2 aromatic carbocycles. The van der Waals surface area contributed by atoms with E-state index in [-0.39, 0.29) is 20.9 Å².